The maximum absolute atomic E-state index is 0. The van der Waals surface area contributed by atoms with Gasteiger partial charge in [-0.25, -0.2) is 0 Å². The minimum Gasteiger partial charge on any atom is -0.870 e. The van der Waals surface area contributed by atoms with Crippen molar-refractivity contribution in [2.75, 3.05) is 0 Å². The van der Waals surface area contributed by atoms with E-state index < -0.39 is 0 Å². The second-order valence-corrected chi connectivity index (χ2v) is 0. The molecule has 0 unspecified atom stereocenters. The van der Waals surface area contributed by atoms with Crippen molar-refractivity contribution in [3.8, 4) is 0 Å². The van der Waals surface area contributed by atoms with Crippen molar-refractivity contribution in [1.82, 2.24) is 0 Å². The van der Waals surface area contributed by atoms with Crippen LogP contribution in [-0.2, 0) is 33.6 Å². The Morgan fingerprint density at radius 1 is 0.600 bits per heavy atom. The molecule has 0 saturated heterocycles. The van der Waals surface area contributed by atoms with Crippen molar-refractivity contribution in [3.05, 3.63) is 0 Å². The Morgan fingerprint density at radius 2 is 0.600 bits per heavy atom. The van der Waals surface area contributed by atoms with Crippen molar-refractivity contribution in [2.24, 2.45) is 0 Å². The van der Waals surface area contributed by atoms with Gasteiger partial charge >= 0.3 is 17.1 Å². The van der Waals surface area contributed by atoms with Crippen molar-refractivity contribution < 1.29 is 50.0 Å². The fourth-order valence-electron chi connectivity index (χ4n) is 0. The normalized spacial score (nSPS) is 0. The van der Waals surface area contributed by atoms with Gasteiger partial charge in [-0.1, -0.05) is 0 Å². The summed E-state index contributed by atoms with van der Waals surface area (Å²) in [6.45, 7) is 0. The van der Waals surface area contributed by atoms with Gasteiger partial charge in [0.05, 0.1) is 0 Å². The predicted octanol–water partition coefficient (Wildman–Crippen LogP) is -0.535. The molecule has 0 aromatic rings. The molecule has 0 amide bonds. The zero-order valence-electron chi connectivity index (χ0n) is 2.01. The summed E-state index contributed by atoms with van der Waals surface area (Å²) < 4.78 is 0. The molecule has 1 radical (unpaired) electrons. The molecule has 0 aromatic heterocycles. The second-order valence-electron chi connectivity index (χ2n) is 0. The van der Waals surface area contributed by atoms with Crippen LogP contribution in [0.5, 0.6) is 0 Å². The summed E-state index contributed by atoms with van der Waals surface area (Å²) in [4.78, 5) is 0. The Hall–Kier alpha value is 0.893. The van der Waals surface area contributed by atoms with Crippen LogP contribution in [0.15, 0.2) is 0 Å². The van der Waals surface area contributed by atoms with E-state index in [0.29, 0.717) is 0 Å². The van der Waals surface area contributed by atoms with Crippen LogP contribution in [0.4, 0.5) is 0 Å². The summed E-state index contributed by atoms with van der Waals surface area (Å²) in [6, 6.07) is 0. The first-order valence-electron chi connectivity index (χ1n) is 0. The summed E-state index contributed by atoms with van der Waals surface area (Å²) in [5.74, 6) is 0. The number of hydrogen-bond acceptors (Lipinski definition) is 3. The van der Waals surface area contributed by atoms with Crippen LogP contribution in [0.25, 0.3) is 0 Å². The van der Waals surface area contributed by atoms with Crippen LogP contribution in [0.3, 0.4) is 0 Å². The predicted molar refractivity (Wildman–Crippen MR) is 5.81 cm³/mol. The van der Waals surface area contributed by atoms with Gasteiger partial charge in [0, 0.05) is 16.5 Å². The first-order chi connectivity index (χ1) is 0. The SMILES string of the molecule is [Fe+3].[Ni].[OH-].[OH-].[OH-]. The molecule has 0 rings (SSSR count). The van der Waals surface area contributed by atoms with E-state index >= 15 is 0 Å². The van der Waals surface area contributed by atoms with Crippen molar-refractivity contribution in [1.29, 1.82) is 0 Å². The molecule has 0 bridgehead atoms. The monoisotopic (exact) mass is 165 g/mol. The van der Waals surface area contributed by atoms with Gasteiger partial charge in [0.1, 0.15) is 0 Å². The quantitative estimate of drug-likeness (QED) is 0.452. The van der Waals surface area contributed by atoms with Gasteiger partial charge in [-0.2, -0.15) is 0 Å². The van der Waals surface area contributed by atoms with Crippen LogP contribution in [0.2, 0.25) is 0 Å². The molecular formula is H3FeNiO3. The molecule has 5 heavy (non-hydrogen) atoms. The molecule has 5 heteroatoms. The maximum Gasteiger partial charge on any atom is 3.00 e. The van der Waals surface area contributed by atoms with E-state index in [4.69, 9.17) is 0 Å². The minimum atomic E-state index is 0. The van der Waals surface area contributed by atoms with Gasteiger partial charge in [0.15, 0.2) is 0 Å². The van der Waals surface area contributed by atoms with E-state index in [1.807, 2.05) is 0 Å². The first-order valence-corrected chi connectivity index (χ1v) is 0. The second kappa shape index (κ2) is 93.0. The molecule has 0 atom stereocenters. The molecule has 0 aliphatic rings. The third-order valence-electron chi connectivity index (χ3n) is 0. The summed E-state index contributed by atoms with van der Waals surface area (Å²) in [6.07, 6.45) is 0. The fourth-order valence-corrected chi connectivity index (χ4v) is 0. The first kappa shape index (κ1) is 177. The van der Waals surface area contributed by atoms with E-state index in [9.17, 15) is 0 Å². The van der Waals surface area contributed by atoms with Crippen molar-refractivity contribution >= 4 is 0 Å². The number of hydrogen-bond donors (Lipinski definition) is 0. The molecule has 0 aromatic carbocycles. The van der Waals surface area contributed by atoms with E-state index in [1.165, 1.54) is 0 Å². The number of rotatable bonds is 0. The van der Waals surface area contributed by atoms with Gasteiger partial charge in [0.25, 0.3) is 0 Å². The molecule has 0 spiro atoms. The maximum atomic E-state index is 0. The molecule has 0 fully saturated rings. The standard InChI is InChI=1S/Fe.Ni.3H2O/h;;3*1H2/q+3;;;;/p-3. The Kier molecular flexibility index (Phi) is 3290. The Morgan fingerprint density at radius 3 is 0.600 bits per heavy atom. The summed E-state index contributed by atoms with van der Waals surface area (Å²) in [5, 5.41) is 0. The van der Waals surface area contributed by atoms with E-state index in [2.05, 4.69) is 0 Å². The average Bonchev–Trinajstić information content (AvgIpc) is 0. The van der Waals surface area contributed by atoms with Gasteiger partial charge in [-0.05, 0) is 0 Å². The van der Waals surface area contributed by atoms with E-state index in [-0.39, 0.29) is 50.0 Å². The Labute approximate surface area is 50.5 Å². The summed E-state index contributed by atoms with van der Waals surface area (Å²) >= 11 is 0. The summed E-state index contributed by atoms with van der Waals surface area (Å²) in [5.41, 5.74) is 0. The zero-order valence-corrected chi connectivity index (χ0v) is 4.10. The van der Waals surface area contributed by atoms with Crippen molar-refractivity contribution in [3.63, 3.8) is 0 Å². The fraction of sp³-hybridized carbons (Fsp3) is 0. The Bertz CT molecular complexity index is 6.85. The third-order valence-corrected chi connectivity index (χ3v) is 0. The molecule has 3 nitrogen and oxygen atoms in total. The van der Waals surface area contributed by atoms with E-state index in [0.717, 1.165) is 0 Å². The van der Waals surface area contributed by atoms with Crippen LogP contribution in [0.1, 0.15) is 0 Å². The third kappa shape index (κ3) is 51.4. The van der Waals surface area contributed by atoms with Crippen LogP contribution < -0.4 is 0 Å². The largest absolute Gasteiger partial charge is 3.00 e. The van der Waals surface area contributed by atoms with Crippen LogP contribution in [0, 0.1) is 0 Å². The molecule has 3 N–H and O–H groups in total. The molecule has 0 aliphatic carbocycles. The van der Waals surface area contributed by atoms with Crippen LogP contribution in [-0.4, -0.2) is 16.4 Å². The van der Waals surface area contributed by atoms with Gasteiger partial charge in [0.2, 0.25) is 0 Å². The topological polar surface area (TPSA) is 90.0 Å². The molecular weight excluding hydrogens is 163 g/mol. The van der Waals surface area contributed by atoms with Gasteiger partial charge in [-0.3, -0.25) is 0 Å². The van der Waals surface area contributed by atoms with E-state index in [1.54, 1.807) is 0 Å². The van der Waals surface area contributed by atoms with Crippen molar-refractivity contribution in [2.45, 2.75) is 0 Å². The summed E-state index contributed by atoms with van der Waals surface area (Å²) in [7, 11) is 0. The molecule has 39 valence electrons. The molecule has 0 heterocycles. The molecule has 0 aliphatic heterocycles. The average molecular weight is 166 g/mol. The minimum absolute atomic E-state index is 0. The zero-order chi connectivity index (χ0) is 0. The smallest absolute Gasteiger partial charge is 0.870 e. The van der Waals surface area contributed by atoms with Gasteiger partial charge < -0.3 is 16.4 Å². The van der Waals surface area contributed by atoms with Crippen LogP contribution >= 0.6 is 0 Å². The molecule has 0 saturated carbocycles. The Balaban J connectivity index is 0. The van der Waals surface area contributed by atoms with Gasteiger partial charge in [-0.15, -0.1) is 0 Å².